The largest absolute Gasteiger partial charge is 0.479 e. The van der Waals surface area contributed by atoms with Crippen molar-refractivity contribution in [1.82, 2.24) is 0 Å². The van der Waals surface area contributed by atoms with Gasteiger partial charge in [-0.1, -0.05) is 41.9 Å². The molecule has 4 heteroatoms. The fraction of sp³-hybridized carbons (Fsp3) is 0.188. The molecule has 2 rings (SSSR count). The van der Waals surface area contributed by atoms with E-state index < -0.39 is 11.5 Å². The minimum absolute atomic E-state index is 0.563. The Bertz CT molecular complexity index is 642. The summed E-state index contributed by atoms with van der Waals surface area (Å²) in [6.45, 7) is 3.55. The molecule has 0 aromatic heterocycles. The van der Waals surface area contributed by atoms with Gasteiger partial charge in [0.1, 0.15) is 0 Å². The molecule has 0 amide bonds. The lowest BCUT2D eigenvalue weighted by Gasteiger charge is -2.29. The van der Waals surface area contributed by atoms with Crippen molar-refractivity contribution < 1.29 is 9.90 Å². The van der Waals surface area contributed by atoms with Gasteiger partial charge in [0, 0.05) is 10.7 Å². The number of carbonyl (C=O) groups is 1. The molecule has 0 aliphatic heterocycles. The first-order valence-corrected chi connectivity index (χ1v) is 6.64. The van der Waals surface area contributed by atoms with Crippen LogP contribution in [0.3, 0.4) is 0 Å². The van der Waals surface area contributed by atoms with Gasteiger partial charge in [-0.3, -0.25) is 0 Å². The van der Waals surface area contributed by atoms with Gasteiger partial charge >= 0.3 is 5.97 Å². The van der Waals surface area contributed by atoms with Crippen LogP contribution in [-0.4, -0.2) is 11.1 Å². The zero-order chi connectivity index (χ0) is 14.8. The van der Waals surface area contributed by atoms with Crippen LogP contribution >= 0.6 is 11.6 Å². The molecule has 2 aromatic carbocycles. The highest BCUT2D eigenvalue weighted by molar-refractivity contribution is 6.30. The lowest BCUT2D eigenvalue weighted by atomic mass is 9.88. The normalized spacial score (nSPS) is 13.6. The van der Waals surface area contributed by atoms with Crippen LogP contribution < -0.4 is 5.32 Å². The molecule has 0 radical (unpaired) electrons. The average Bonchev–Trinajstić information content (AvgIpc) is 2.38. The molecule has 0 bridgehead atoms. The molecule has 0 fully saturated rings. The second-order valence-electron chi connectivity index (χ2n) is 4.88. The number of carboxylic acid groups (broad SMARTS) is 1. The van der Waals surface area contributed by atoms with Gasteiger partial charge in [0.15, 0.2) is 5.54 Å². The maximum Gasteiger partial charge on any atom is 0.333 e. The number of halogens is 1. The topological polar surface area (TPSA) is 49.3 Å². The van der Waals surface area contributed by atoms with Crippen molar-refractivity contribution in [3.05, 3.63) is 64.7 Å². The molecule has 1 atom stereocenters. The minimum Gasteiger partial charge on any atom is -0.479 e. The molecule has 0 heterocycles. The number of hydrogen-bond acceptors (Lipinski definition) is 2. The molecule has 3 nitrogen and oxygen atoms in total. The van der Waals surface area contributed by atoms with Crippen molar-refractivity contribution in [2.24, 2.45) is 0 Å². The summed E-state index contributed by atoms with van der Waals surface area (Å²) in [5, 5.41) is 13.3. The average molecular weight is 290 g/mol. The van der Waals surface area contributed by atoms with E-state index >= 15 is 0 Å². The minimum atomic E-state index is -1.21. The van der Waals surface area contributed by atoms with Crippen molar-refractivity contribution >= 4 is 23.3 Å². The number of aryl methyl sites for hydroxylation is 1. The second-order valence-corrected chi connectivity index (χ2v) is 5.32. The molecule has 2 aromatic rings. The third-order valence-corrected chi connectivity index (χ3v) is 3.57. The van der Waals surface area contributed by atoms with Crippen LogP contribution in [-0.2, 0) is 10.3 Å². The Labute approximate surface area is 123 Å². The fourth-order valence-electron chi connectivity index (χ4n) is 2.22. The van der Waals surface area contributed by atoms with Crippen molar-refractivity contribution in [2.75, 3.05) is 5.32 Å². The lowest BCUT2D eigenvalue weighted by Crippen LogP contribution is -2.41. The summed E-state index contributed by atoms with van der Waals surface area (Å²) in [4.78, 5) is 11.8. The van der Waals surface area contributed by atoms with Crippen LogP contribution in [0, 0.1) is 6.92 Å². The van der Waals surface area contributed by atoms with Crippen LogP contribution in [0.1, 0.15) is 18.1 Å². The van der Waals surface area contributed by atoms with Gasteiger partial charge in [-0.05, 0) is 43.2 Å². The number of aliphatic carboxylic acids is 1. The zero-order valence-corrected chi connectivity index (χ0v) is 12.1. The lowest BCUT2D eigenvalue weighted by molar-refractivity contribution is -0.142. The molecule has 2 N–H and O–H groups in total. The summed E-state index contributed by atoms with van der Waals surface area (Å²) >= 11 is 5.94. The van der Waals surface area contributed by atoms with Crippen LogP contribution in [0.5, 0.6) is 0 Å². The quantitative estimate of drug-likeness (QED) is 0.892. The monoisotopic (exact) mass is 289 g/mol. The number of hydrogen-bond donors (Lipinski definition) is 2. The van der Waals surface area contributed by atoms with E-state index in [0.717, 1.165) is 11.1 Å². The van der Waals surface area contributed by atoms with E-state index in [1.807, 2.05) is 31.2 Å². The second kappa shape index (κ2) is 5.55. The van der Waals surface area contributed by atoms with Crippen LogP contribution in [0.2, 0.25) is 5.02 Å². The molecule has 0 saturated carbocycles. The Morgan fingerprint density at radius 2 is 1.90 bits per heavy atom. The first-order valence-electron chi connectivity index (χ1n) is 6.27. The smallest absolute Gasteiger partial charge is 0.333 e. The summed E-state index contributed by atoms with van der Waals surface area (Å²) in [6.07, 6.45) is 0. The highest BCUT2D eigenvalue weighted by Crippen LogP contribution is 2.29. The van der Waals surface area contributed by atoms with E-state index in [0.29, 0.717) is 10.7 Å². The molecular weight excluding hydrogens is 274 g/mol. The molecule has 104 valence electrons. The summed E-state index contributed by atoms with van der Waals surface area (Å²) in [6, 6.07) is 14.5. The number of nitrogens with one attached hydrogen (secondary N) is 1. The standard InChI is InChI=1S/C16H16ClNO2/c1-11-6-3-4-9-14(11)16(2,15(19)20)18-13-8-5-7-12(17)10-13/h3-10,18H,1-2H3,(H,19,20). The van der Waals surface area contributed by atoms with E-state index in [4.69, 9.17) is 11.6 Å². The third-order valence-electron chi connectivity index (χ3n) is 3.33. The Hall–Kier alpha value is -2.00. The van der Waals surface area contributed by atoms with Crippen molar-refractivity contribution in [1.29, 1.82) is 0 Å². The van der Waals surface area contributed by atoms with E-state index in [1.54, 1.807) is 31.2 Å². The molecule has 0 saturated heterocycles. The Morgan fingerprint density at radius 3 is 2.50 bits per heavy atom. The van der Waals surface area contributed by atoms with Gasteiger partial charge in [-0.2, -0.15) is 0 Å². The molecular formula is C16H16ClNO2. The molecule has 0 aliphatic rings. The van der Waals surface area contributed by atoms with Gasteiger partial charge in [0.25, 0.3) is 0 Å². The van der Waals surface area contributed by atoms with E-state index in [2.05, 4.69) is 5.32 Å². The van der Waals surface area contributed by atoms with Crippen LogP contribution in [0.25, 0.3) is 0 Å². The first-order chi connectivity index (χ1) is 9.43. The van der Waals surface area contributed by atoms with E-state index in [1.165, 1.54) is 0 Å². The number of benzene rings is 2. The predicted octanol–water partition coefficient (Wildman–Crippen LogP) is 4.06. The molecule has 1 unspecified atom stereocenters. The zero-order valence-electron chi connectivity index (χ0n) is 11.4. The van der Waals surface area contributed by atoms with Gasteiger partial charge in [0.2, 0.25) is 0 Å². The molecule has 0 aliphatic carbocycles. The van der Waals surface area contributed by atoms with Gasteiger partial charge < -0.3 is 10.4 Å². The van der Waals surface area contributed by atoms with Crippen molar-refractivity contribution in [3.63, 3.8) is 0 Å². The van der Waals surface area contributed by atoms with Crippen molar-refractivity contribution in [3.8, 4) is 0 Å². The summed E-state index contributed by atoms with van der Waals surface area (Å²) in [5.41, 5.74) is 1.11. The third kappa shape index (κ3) is 2.78. The van der Waals surface area contributed by atoms with Gasteiger partial charge in [0.05, 0.1) is 0 Å². The number of rotatable bonds is 4. The Balaban J connectivity index is 2.46. The van der Waals surface area contributed by atoms with Gasteiger partial charge in [-0.25, -0.2) is 4.79 Å². The fourth-order valence-corrected chi connectivity index (χ4v) is 2.42. The maximum atomic E-state index is 11.8. The van der Waals surface area contributed by atoms with E-state index in [9.17, 15) is 9.90 Å². The summed E-state index contributed by atoms with van der Waals surface area (Å²) in [5.74, 6) is -0.938. The van der Waals surface area contributed by atoms with Gasteiger partial charge in [-0.15, -0.1) is 0 Å². The Morgan fingerprint density at radius 1 is 1.20 bits per heavy atom. The maximum absolute atomic E-state index is 11.8. The van der Waals surface area contributed by atoms with Crippen LogP contribution in [0.4, 0.5) is 5.69 Å². The van der Waals surface area contributed by atoms with E-state index in [-0.39, 0.29) is 0 Å². The first kappa shape index (κ1) is 14.4. The summed E-state index contributed by atoms with van der Waals surface area (Å²) in [7, 11) is 0. The highest BCUT2D eigenvalue weighted by atomic mass is 35.5. The molecule has 20 heavy (non-hydrogen) atoms. The SMILES string of the molecule is Cc1ccccc1C(C)(Nc1cccc(Cl)c1)C(=O)O. The highest BCUT2D eigenvalue weighted by Gasteiger charge is 2.36. The predicted molar refractivity (Wildman–Crippen MR) is 81.2 cm³/mol. The van der Waals surface area contributed by atoms with Crippen LogP contribution in [0.15, 0.2) is 48.5 Å². The molecule has 0 spiro atoms. The van der Waals surface area contributed by atoms with Crippen molar-refractivity contribution in [2.45, 2.75) is 19.4 Å². The summed E-state index contributed by atoms with van der Waals surface area (Å²) < 4.78 is 0. The number of carboxylic acids is 1. The Kier molecular flexibility index (Phi) is 4.00. The number of anilines is 1.